The predicted molar refractivity (Wildman–Crippen MR) is 101 cm³/mol. The highest BCUT2D eigenvalue weighted by Crippen LogP contribution is 2.30. The van der Waals surface area contributed by atoms with Crippen molar-refractivity contribution in [2.24, 2.45) is 5.73 Å². The van der Waals surface area contributed by atoms with Gasteiger partial charge in [0.2, 0.25) is 11.8 Å². The standard InChI is InChI=1S/C16H20N4O4S.ClH/c17-16(22)10-1-4-14(13(7-10)20(23)24)25-9-15(21)19-6-5-11-2-3-12(8-19)18-11;/h1,4,7,11-12,18H,2-3,5-6,8-9H2,(H2,17,22);1H. The molecule has 2 heterocycles. The lowest BCUT2D eigenvalue weighted by atomic mass is 10.1. The second-order valence-corrected chi connectivity index (χ2v) is 7.38. The number of nitrogens with zero attached hydrogens (tertiary/aromatic N) is 2. The minimum Gasteiger partial charge on any atom is -0.366 e. The van der Waals surface area contributed by atoms with Crippen molar-refractivity contribution in [2.45, 2.75) is 36.2 Å². The molecule has 2 fully saturated rings. The number of carbonyl (C=O) groups is 2. The fourth-order valence-electron chi connectivity index (χ4n) is 3.34. The molecule has 142 valence electrons. The van der Waals surface area contributed by atoms with Crippen LogP contribution in [0, 0.1) is 10.1 Å². The SMILES string of the molecule is Cl.NC(=O)c1ccc(SCC(=O)N2CCC3CCC(C2)N3)c([N+](=O)[O-])c1. The van der Waals surface area contributed by atoms with E-state index in [4.69, 9.17) is 5.73 Å². The fraction of sp³-hybridized carbons (Fsp3) is 0.500. The molecule has 2 amide bonds. The number of hydrogen-bond donors (Lipinski definition) is 2. The number of halogens is 1. The van der Waals surface area contributed by atoms with Crippen molar-refractivity contribution in [2.75, 3.05) is 18.8 Å². The smallest absolute Gasteiger partial charge is 0.283 e. The van der Waals surface area contributed by atoms with Crippen LogP contribution in [0.5, 0.6) is 0 Å². The third kappa shape index (κ3) is 4.66. The minimum atomic E-state index is -0.720. The molecule has 8 nitrogen and oxygen atoms in total. The third-order valence-corrected chi connectivity index (χ3v) is 5.71. The number of primary amides is 1. The summed E-state index contributed by atoms with van der Waals surface area (Å²) in [7, 11) is 0. The third-order valence-electron chi connectivity index (χ3n) is 4.67. The van der Waals surface area contributed by atoms with E-state index in [-0.39, 0.29) is 35.3 Å². The first kappa shape index (κ1) is 20.5. The summed E-state index contributed by atoms with van der Waals surface area (Å²) in [5.74, 6) is -0.607. The zero-order valence-corrected chi connectivity index (χ0v) is 15.7. The molecule has 3 rings (SSSR count). The fourth-order valence-corrected chi connectivity index (χ4v) is 4.24. The van der Waals surface area contributed by atoms with Gasteiger partial charge in [-0.25, -0.2) is 0 Å². The summed E-state index contributed by atoms with van der Waals surface area (Å²) in [4.78, 5) is 36.5. The van der Waals surface area contributed by atoms with Gasteiger partial charge in [0.15, 0.2) is 0 Å². The molecule has 2 unspecified atom stereocenters. The van der Waals surface area contributed by atoms with Crippen LogP contribution in [0.1, 0.15) is 29.6 Å². The lowest BCUT2D eigenvalue weighted by Gasteiger charge is -2.24. The number of nitro benzene ring substituents is 1. The topological polar surface area (TPSA) is 119 Å². The molecule has 0 saturated carbocycles. The Balaban J connectivity index is 0.00000243. The summed E-state index contributed by atoms with van der Waals surface area (Å²) in [6.07, 6.45) is 3.20. The first-order valence-electron chi connectivity index (χ1n) is 8.19. The van der Waals surface area contributed by atoms with E-state index in [1.54, 1.807) is 0 Å². The van der Waals surface area contributed by atoms with Gasteiger partial charge in [-0.2, -0.15) is 0 Å². The lowest BCUT2D eigenvalue weighted by molar-refractivity contribution is -0.387. The van der Waals surface area contributed by atoms with E-state index in [1.165, 1.54) is 18.6 Å². The number of amides is 2. The number of nitro groups is 1. The Morgan fingerprint density at radius 3 is 2.73 bits per heavy atom. The molecule has 0 aliphatic carbocycles. The second kappa shape index (κ2) is 8.70. The maximum Gasteiger partial charge on any atom is 0.283 e. The number of nitrogens with one attached hydrogen (secondary N) is 1. The maximum absolute atomic E-state index is 12.5. The number of thioether (sulfide) groups is 1. The largest absolute Gasteiger partial charge is 0.366 e. The van der Waals surface area contributed by atoms with E-state index >= 15 is 0 Å². The van der Waals surface area contributed by atoms with Crippen molar-refractivity contribution in [3.8, 4) is 0 Å². The van der Waals surface area contributed by atoms with Gasteiger partial charge in [0, 0.05) is 36.8 Å². The summed E-state index contributed by atoms with van der Waals surface area (Å²) in [5.41, 5.74) is 5.04. The van der Waals surface area contributed by atoms with Gasteiger partial charge < -0.3 is 16.0 Å². The van der Waals surface area contributed by atoms with Gasteiger partial charge in [-0.1, -0.05) is 0 Å². The summed E-state index contributed by atoms with van der Waals surface area (Å²) in [6, 6.07) is 4.92. The highest BCUT2D eigenvalue weighted by molar-refractivity contribution is 8.00. The van der Waals surface area contributed by atoms with Crippen molar-refractivity contribution in [1.29, 1.82) is 0 Å². The maximum atomic E-state index is 12.5. The van der Waals surface area contributed by atoms with E-state index in [0.29, 0.717) is 23.5 Å². The number of carbonyl (C=O) groups excluding carboxylic acids is 2. The van der Waals surface area contributed by atoms with Gasteiger partial charge in [-0.15, -0.1) is 24.2 Å². The monoisotopic (exact) mass is 400 g/mol. The van der Waals surface area contributed by atoms with Crippen LogP contribution in [-0.2, 0) is 4.79 Å². The average molecular weight is 401 g/mol. The molecule has 1 aromatic carbocycles. The molecule has 26 heavy (non-hydrogen) atoms. The molecule has 0 spiro atoms. The van der Waals surface area contributed by atoms with Crippen LogP contribution in [0.3, 0.4) is 0 Å². The molecule has 2 atom stereocenters. The summed E-state index contributed by atoms with van der Waals surface area (Å²) in [6.45, 7) is 1.41. The number of hydrogen-bond acceptors (Lipinski definition) is 6. The number of nitrogens with two attached hydrogens (primary N) is 1. The molecule has 2 bridgehead atoms. The zero-order chi connectivity index (χ0) is 18.0. The van der Waals surface area contributed by atoms with Gasteiger partial charge in [0.05, 0.1) is 15.6 Å². The van der Waals surface area contributed by atoms with E-state index in [1.807, 2.05) is 4.90 Å². The van der Waals surface area contributed by atoms with Crippen molar-refractivity contribution in [3.05, 3.63) is 33.9 Å². The second-order valence-electron chi connectivity index (χ2n) is 6.36. The molecule has 1 aromatic rings. The van der Waals surface area contributed by atoms with Crippen LogP contribution in [0.4, 0.5) is 5.69 Å². The first-order valence-corrected chi connectivity index (χ1v) is 9.17. The van der Waals surface area contributed by atoms with Crippen molar-refractivity contribution < 1.29 is 14.5 Å². The zero-order valence-electron chi connectivity index (χ0n) is 14.1. The molecular weight excluding hydrogens is 380 g/mol. The highest BCUT2D eigenvalue weighted by atomic mass is 35.5. The summed E-state index contributed by atoms with van der Waals surface area (Å²) >= 11 is 1.12. The summed E-state index contributed by atoms with van der Waals surface area (Å²) < 4.78 is 0. The van der Waals surface area contributed by atoms with Crippen LogP contribution in [0.15, 0.2) is 23.1 Å². The Kier molecular flexibility index (Phi) is 6.85. The van der Waals surface area contributed by atoms with Gasteiger partial charge in [-0.3, -0.25) is 19.7 Å². The molecule has 3 N–H and O–H groups in total. The average Bonchev–Trinajstić information content (AvgIpc) is 2.91. The minimum absolute atomic E-state index is 0. The lowest BCUT2D eigenvalue weighted by Crippen LogP contribution is -2.39. The summed E-state index contributed by atoms with van der Waals surface area (Å²) in [5, 5.41) is 14.7. The molecule has 10 heteroatoms. The molecule has 0 radical (unpaired) electrons. The number of benzene rings is 1. The van der Waals surface area contributed by atoms with Crippen molar-refractivity contribution in [3.63, 3.8) is 0 Å². The molecule has 2 aliphatic rings. The molecule has 2 saturated heterocycles. The van der Waals surface area contributed by atoms with Crippen LogP contribution in [0.25, 0.3) is 0 Å². The number of rotatable bonds is 5. The van der Waals surface area contributed by atoms with Crippen LogP contribution in [-0.4, -0.2) is 52.6 Å². The van der Waals surface area contributed by atoms with Crippen molar-refractivity contribution in [1.82, 2.24) is 10.2 Å². The Hall–Kier alpha value is -1.84. The highest BCUT2D eigenvalue weighted by Gasteiger charge is 2.31. The Morgan fingerprint density at radius 2 is 2.04 bits per heavy atom. The van der Waals surface area contributed by atoms with E-state index in [9.17, 15) is 19.7 Å². The number of likely N-dealkylation sites (tertiary alicyclic amines) is 1. The normalized spacial score (nSPS) is 21.6. The van der Waals surface area contributed by atoms with Crippen LogP contribution in [0.2, 0.25) is 0 Å². The quantitative estimate of drug-likeness (QED) is 0.440. The van der Waals surface area contributed by atoms with E-state index in [2.05, 4.69) is 5.32 Å². The van der Waals surface area contributed by atoms with Gasteiger partial charge >= 0.3 is 0 Å². The Morgan fingerprint density at radius 1 is 1.31 bits per heavy atom. The Labute approximate surface area is 161 Å². The van der Waals surface area contributed by atoms with E-state index in [0.717, 1.165) is 37.2 Å². The van der Waals surface area contributed by atoms with Gasteiger partial charge in [0.1, 0.15) is 0 Å². The van der Waals surface area contributed by atoms with Crippen LogP contribution >= 0.6 is 24.2 Å². The van der Waals surface area contributed by atoms with Gasteiger partial charge in [0.25, 0.3) is 5.69 Å². The Bertz CT molecular complexity index is 717. The molecular formula is C16H21ClN4O4S. The first-order chi connectivity index (χ1) is 11.9. The molecule has 0 aromatic heterocycles. The van der Waals surface area contributed by atoms with Crippen molar-refractivity contribution >= 4 is 41.7 Å². The van der Waals surface area contributed by atoms with E-state index < -0.39 is 10.8 Å². The predicted octanol–water partition coefficient (Wildman–Crippen LogP) is 1.56. The van der Waals surface area contributed by atoms with Gasteiger partial charge in [-0.05, 0) is 31.4 Å². The number of fused-ring (bicyclic) bond motifs is 2. The molecule has 2 aliphatic heterocycles. The van der Waals surface area contributed by atoms with Crippen LogP contribution < -0.4 is 11.1 Å².